The van der Waals surface area contributed by atoms with Gasteiger partial charge in [-0.1, -0.05) is 11.6 Å². The lowest BCUT2D eigenvalue weighted by molar-refractivity contribution is 0.101. The van der Waals surface area contributed by atoms with E-state index in [1.54, 1.807) is 30.0 Å². The van der Waals surface area contributed by atoms with Gasteiger partial charge in [-0.15, -0.1) is 11.8 Å². The summed E-state index contributed by atoms with van der Waals surface area (Å²) >= 11 is 7.77. The van der Waals surface area contributed by atoms with Crippen LogP contribution in [0, 0.1) is 0 Å². The number of thioether (sulfide) groups is 1. The van der Waals surface area contributed by atoms with E-state index in [1.165, 1.54) is 11.8 Å². The smallest absolute Gasteiger partial charge is 0.159 e. The number of rotatable bonds is 4. The summed E-state index contributed by atoms with van der Waals surface area (Å²) in [5.74, 6) is 1.25. The lowest BCUT2D eigenvalue weighted by atomic mass is 10.1. The molecular weight excluding hydrogens is 280 g/mol. The molecule has 0 aliphatic rings. The van der Waals surface area contributed by atoms with Crippen molar-refractivity contribution < 1.29 is 9.53 Å². The molecule has 19 heavy (non-hydrogen) atoms. The summed E-state index contributed by atoms with van der Waals surface area (Å²) in [7, 11) is 0. The molecule has 2 rings (SSSR count). The topological polar surface area (TPSA) is 26.3 Å². The monoisotopic (exact) mass is 292 g/mol. The van der Waals surface area contributed by atoms with Gasteiger partial charge in [-0.3, -0.25) is 4.79 Å². The third kappa shape index (κ3) is 3.52. The number of Topliss-reactive ketones (excluding diaryl/α,β-unsaturated/α-hetero) is 1. The molecule has 0 saturated carbocycles. The van der Waals surface area contributed by atoms with Crippen LogP contribution in [0.5, 0.6) is 11.5 Å². The minimum absolute atomic E-state index is 0.0160. The molecule has 0 radical (unpaired) electrons. The van der Waals surface area contributed by atoms with Gasteiger partial charge in [0.2, 0.25) is 0 Å². The van der Waals surface area contributed by atoms with E-state index in [9.17, 15) is 4.79 Å². The van der Waals surface area contributed by atoms with Gasteiger partial charge in [-0.05, 0) is 55.6 Å². The van der Waals surface area contributed by atoms with Crippen LogP contribution >= 0.6 is 23.4 Å². The van der Waals surface area contributed by atoms with Gasteiger partial charge in [0, 0.05) is 10.5 Å². The zero-order valence-corrected chi connectivity index (χ0v) is 12.2. The third-order valence-electron chi connectivity index (χ3n) is 2.63. The van der Waals surface area contributed by atoms with Crippen LogP contribution in [0.4, 0.5) is 0 Å². The van der Waals surface area contributed by atoms with Gasteiger partial charge in [0.25, 0.3) is 0 Å². The van der Waals surface area contributed by atoms with E-state index in [0.29, 0.717) is 16.3 Å². The Morgan fingerprint density at radius 1 is 1.16 bits per heavy atom. The molecule has 4 heteroatoms. The standard InChI is InChI=1S/C15H13ClO2S/c1-10(17)11-3-8-15(14(16)9-11)18-12-4-6-13(19-2)7-5-12/h3-9H,1-2H3. The largest absolute Gasteiger partial charge is 0.456 e. The molecule has 0 spiro atoms. The fourth-order valence-electron chi connectivity index (χ4n) is 1.57. The van der Waals surface area contributed by atoms with Crippen molar-refractivity contribution in [1.29, 1.82) is 0 Å². The lowest BCUT2D eigenvalue weighted by Crippen LogP contribution is -1.93. The van der Waals surface area contributed by atoms with Gasteiger partial charge in [-0.25, -0.2) is 0 Å². The molecule has 0 atom stereocenters. The van der Waals surface area contributed by atoms with Gasteiger partial charge >= 0.3 is 0 Å². The Kier molecular flexibility index (Phi) is 4.51. The Morgan fingerprint density at radius 3 is 2.37 bits per heavy atom. The minimum atomic E-state index is -0.0160. The molecule has 2 aromatic rings. The fraction of sp³-hybridized carbons (Fsp3) is 0.133. The second-order valence-corrected chi connectivity index (χ2v) is 5.27. The first-order valence-electron chi connectivity index (χ1n) is 5.72. The third-order valence-corrected chi connectivity index (χ3v) is 3.66. The number of ether oxygens (including phenoxy) is 1. The van der Waals surface area contributed by atoms with Crippen molar-refractivity contribution in [3.63, 3.8) is 0 Å². The van der Waals surface area contributed by atoms with Crippen molar-refractivity contribution in [3.05, 3.63) is 53.1 Å². The quantitative estimate of drug-likeness (QED) is 0.582. The van der Waals surface area contributed by atoms with Crippen molar-refractivity contribution in [3.8, 4) is 11.5 Å². The molecular formula is C15H13ClO2S. The maximum Gasteiger partial charge on any atom is 0.159 e. The molecule has 0 aliphatic carbocycles. The zero-order valence-electron chi connectivity index (χ0n) is 10.6. The Bertz CT molecular complexity index is 594. The van der Waals surface area contributed by atoms with Crippen molar-refractivity contribution in [1.82, 2.24) is 0 Å². The number of benzene rings is 2. The molecule has 0 fully saturated rings. The van der Waals surface area contributed by atoms with E-state index in [2.05, 4.69) is 0 Å². The predicted octanol–water partition coefficient (Wildman–Crippen LogP) is 5.06. The molecule has 0 amide bonds. The summed E-state index contributed by atoms with van der Waals surface area (Å²) in [6.45, 7) is 1.51. The second-order valence-electron chi connectivity index (χ2n) is 3.98. The highest BCUT2D eigenvalue weighted by Crippen LogP contribution is 2.31. The van der Waals surface area contributed by atoms with Crippen LogP contribution in [0.3, 0.4) is 0 Å². The molecule has 0 N–H and O–H groups in total. The Labute approximate surface area is 121 Å². The highest BCUT2D eigenvalue weighted by Gasteiger charge is 2.07. The van der Waals surface area contributed by atoms with Gasteiger partial charge in [0.15, 0.2) is 5.78 Å². The summed E-state index contributed by atoms with van der Waals surface area (Å²) in [5, 5.41) is 0.432. The number of carbonyl (C=O) groups is 1. The van der Waals surface area contributed by atoms with Crippen molar-refractivity contribution in [2.75, 3.05) is 6.26 Å². The molecule has 0 bridgehead atoms. The fourth-order valence-corrected chi connectivity index (χ4v) is 2.20. The average molecular weight is 293 g/mol. The average Bonchev–Trinajstić information content (AvgIpc) is 2.41. The molecule has 2 nitrogen and oxygen atoms in total. The summed E-state index contributed by atoms with van der Waals surface area (Å²) in [4.78, 5) is 12.4. The summed E-state index contributed by atoms with van der Waals surface area (Å²) < 4.78 is 5.69. The first-order valence-corrected chi connectivity index (χ1v) is 7.33. The van der Waals surface area contributed by atoms with Crippen LogP contribution in [-0.4, -0.2) is 12.0 Å². The number of hydrogen-bond acceptors (Lipinski definition) is 3. The summed E-state index contributed by atoms with van der Waals surface area (Å²) in [5.41, 5.74) is 0.579. The number of ketones is 1. The maximum atomic E-state index is 11.2. The first kappa shape index (κ1) is 14.0. The zero-order chi connectivity index (χ0) is 13.8. The number of halogens is 1. The first-order chi connectivity index (χ1) is 9.10. The van der Waals surface area contributed by atoms with Crippen LogP contribution in [0.2, 0.25) is 5.02 Å². The van der Waals surface area contributed by atoms with Crippen LogP contribution in [0.15, 0.2) is 47.4 Å². The molecule has 0 saturated heterocycles. The van der Waals surface area contributed by atoms with E-state index >= 15 is 0 Å². The molecule has 2 aromatic carbocycles. The Morgan fingerprint density at radius 2 is 1.84 bits per heavy atom. The van der Waals surface area contributed by atoms with Crippen LogP contribution < -0.4 is 4.74 Å². The van der Waals surface area contributed by atoms with Crippen molar-refractivity contribution >= 4 is 29.1 Å². The normalized spacial score (nSPS) is 10.3. The number of carbonyl (C=O) groups excluding carboxylic acids is 1. The van der Waals surface area contributed by atoms with Crippen LogP contribution in [0.1, 0.15) is 17.3 Å². The summed E-state index contributed by atoms with van der Waals surface area (Å²) in [6, 6.07) is 12.8. The van der Waals surface area contributed by atoms with Crippen molar-refractivity contribution in [2.45, 2.75) is 11.8 Å². The van der Waals surface area contributed by atoms with E-state index in [1.807, 2.05) is 30.5 Å². The highest BCUT2D eigenvalue weighted by atomic mass is 35.5. The lowest BCUT2D eigenvalue weighted by Gasteiger charge is -2.08. The molecule has 98 valence electrons. The van der Waals surface area contributed by atoms with E-state index in [-0.39, 0.29) is 5.78 Å². The van der Waals surface area contributed by atoms with Crippen LogP contribution in [0.25, 0.3) is 0 Å². The van der Waals surface area contributed by atoms with Crippen molar-refractivity contribution in [2.24, 2.45) is 0 Å². The number of hydrogen-bond donors (Lipinski definition) is 0. The van der Waals surface area contributed by atoms with Gasteiger partial charge in [0.05, 0.1) is 5.02 Å². The molecule has 0 aliphatic heterocycles. The molecule has 0 heterocycles. The second kappa shape index (κ2) is 6.13. The van der Waals surface area contributed by atoms with E-state index < -0.39 is 0 Å². The SMILES string of the molecule is CSc1ccc(Oc2ccc(C(C)=O)cc2Cl)cc1. The van der Waals surface area contributed by atoms with E-state index in [4.69, 9.17) is 16.3 Å². The Hall–Kier alpha value is -1.45. The molecule has 0 unspecified atom stereocenters. The Balaban J connectivity index is 2.20. The van der Waals surface area contributed by atoms with Crippen LogP contribution in [-0.2, 0) is 0 Å². The minimum Gasteiger partial charge on any atom is -0.456 e. The van der Waals surface area contributed by atoms with Gasteiger partial charge in [0.1, 0.15) is 11.5 Å². The summed E-state index contributed by atoms with van der Waals surface area (Å²) in [6.07, 6.45) is 2.02. The highest BCUT2D eigenvalue weighted by molar-refractivity contribution is 7.98. The maximum absolute atomic E-state index is 11.2. The predicted molar refractivity (Wildman–Crippen MR) is 79.8 cm³/mol. The van der Waals surface area contributed by atoms with Gasteiger partial charge < -0.3 is 4.74 Å². The van der Waals surface area contributed by atoms with Gasteiger partial charge in [-0.2, -0.15) is 0 Å². The molecule has 0 aromatic heterocycles. The van der Waals surface area contributed by atoms with E-state index in [0.717, 1.165) is 5.75 Å².